The number of hydrogen-bond acceptors (Lipinski definition) is 9. The standard InChI is InChI=1S/C20H19FN2O3.C18H15FN2O3/c1-4-25-19(24)20(2,3)18-16(9-6-10-22-18)26-14-11-13-7-5-8-15(21)17(13)23-12-14;1-18(2,17(22)23)16-14(7-4-8-20-16)24-12-9-11-5-3-6-13(19)15(11)21-10-12/h5-12H,4H2,1-3H3;3-10H,1-2H3,(H,22,23). The summed E-state index contributed by atoms with van der Waals surface area (Å²) in [6, 6.07) is 19.5. The van der Waals surface area contributed by atoms with Crippen LogP contribution in [0.5, 0.6) is 23.0 Å². The van der Waals surface area contributed by atoms with Crippen LogP contribution in [-0.2, 0) is 25.2 Å². The van der Waals surface area contributed by atoms with Crippen LogP contribution < -0.4 is 9.47 Å². The summed E-state index contributed by atoms with van der Waals surface area (Å²) in [5.41, 5.74) is -0.912. The molecule has 0 aliphatic rings. The summed E-state index contributed by atoms with van der Waals surface area (Å²) in [4.78, 5) is 40.5. The number of carboxylic acid groups (broad SMARTS) is 1. The molecule has 256 valence electrons. The predicted molar refractivity (Wildman–Crippen MR) is 182 cm³/mol. The number of carbonyl (C=O) groups excluding carboxylic acids is 1. The minimum atomic E-state index is -1.22. The number of aromatic nitrogens is 4. The number of esters is 1. The highest BCUT2D eigenvalue weighted by molar-refractivity contribution is 5.83. The van der Waals surface area contributed by atoms with Crippen molar-refractivity contribution in [1.29, 1.82) is 0 Å². The van der Waals surface area contributed by atoms with Gasteiger partial charge >= 0.3 is 11.9 Å². The second-order valence-corrected chi connectivity index (χ2v) is 12.1. The maximum absolute atomic E-state index is 13.8. The van der Waals surface area contributed by atoms with E-state index in [0.717, 1.165) is 0 Å². The Bertz CT molecular complexity index is 2190. The van der Waals surface area contributed by atoms with E-state index < -0.39 is 22.6 Å². The lowest BCUT2D eigenvalue weighted by molar-refractivity contribution is -0.149. The molecule has 0 aliphatic heterocycles. The zero-order valence-corrected chi connectivity index (χ0v) is 28.0. The fraction of sp³-hybridized carbons (Fsp3) is 0.211. The number of para-hydroxylation sites is 2. The summed E-state index contributed by atoms with van der Waals surface area (Å²) in [7, 11) is 0. The van der Waals surface area contributed by atoms with E-state index in [0.29, 0.717) is 45.2 Å². The molecule has 0 atom stereocenters. The van der Waals surface area contributed by atoms with Crippen molar-refractivity contribution in [1.82, 2.24) is 19.9 Å². The van der Waals surface area contributed by atoms with Gasteiger partial charge in [0, 0.05) is 23.2 Å². The van der Waals surface area contributed by atoms with Gasteiger partial charge in [-0.05, 0) is 83.1 Å². The molecule has 0 unspecified atom stereocenters. The molecule has 1 N–H and O–H groups in total. The fourth-order valence-corrected chi connectivity index (χ4v) is 4.97. The van der Waals surface area contributed by atoms with Crippen LogP contribution in [0.3, 0.4) is 0 Å². The van der Waals surface area contributed by atoms with Crippen LogP contribution in [0.1, 0.15) is 46.0 Å². The molecule has 50 heavy (non-hydrogen) atoms. The Labute approximate surface area is 286 Å². The third-order valence-electron chi connectivity index (χ3n) is 7.77. The number of pyridine rings is 4. The number of carbonyl (C=O) groups is 2. The van der Waals surface area contributed by atoms with Gasteiger partial charge < -0.3 is 19.3 Å². The highest BCUT2D eigenvalue weighted by Gasteiger charge is 2.36. The Kier molecular flexibility index (Phi) is 10.3. The van der Waals surface area contributed by atoms with E-state index in [2.05, 4.69) is 19.9 Å². The highest BCUT2D eigenvalue weighted by atomic mass is 19.1. The number of carboxylic acids is 1. The van der Waals surface area contributed by atoms with Gasteiger partial charge in [-0.1, -0.05) is 24.3 Å². The number of halogens is 2. The minimum absolute atomic E-state index is 0.252. The molecule has 0 saturated carbocycles. The number of rotatable bonds is 9. The van der Waals surface area contributed by atoms with Gasteiger partial charge in [-0.2, -0.15) is 0 Å². The first-order chi connectivity index (χ1) is 23.8. The van der Waals surface area contributed by atoms with Crippen LogP contribution in [0.4, 0.5) is 8.78 Å². The highest BCUT2D eigenvalue weighted by Crippen LogP contribution is 2.35. The normalized spacial score (nSPS) is 11.4. The lowest BCUT2D eigenvalue weighted by Gasteiger charge is -2.23. The lowest BCUT2D eigenvalue weighted by atomic mass is 9.88. The Balaban J connectivity index is 0.000000195. The predicted octanol–water partition coefficient (Wildman–Crippen LogP) is 8.33. The van der Waals surface area contributed by atoms with Crippen molar-refractivity contribution in [3.05, 3.63) is 121 Å². The second-order valence-electron chi connectivity index (χ2n) is 12.1. The number of nitrogens with zero attached hydrogens (tertiary/aromatic N) is 4. The average molecular weight is 681 g/mol. The molecule has 4 heterocycles. The van der Waals surface area contributed by atoms with E-state index in [-0.39, 0.29) is 29.4 Å². The molecule has 10 nitrogen and oxygen atoms in total. The number of ether oxygens (including phenoxy) is 3. The molecule has 0 amide bonds. The number of aliphatic carboxylic acids is 1. The molecule has 0 aliphatic carbocycles. The monoisotopic (exact) mass is 680 g/mol. The smallest absolute Gasteiger partial charge is 0.317 e. The average Bonchev–Trinajstić information content (AvgIpc) is 3.09. The van der Waals surface area contributed by atoms with Crippen molar-refractivity contribution in [2.24, 2.45) is 0 Å². The third kappa shape index (κ3) is 7.49. The van der Waals surface area contributed by atoms with Crippen molar-refractivity contribution in [2.45, 2.75) is 45.4 Å². The van der Waals surface area contributed by atoms with E-state index in [1.54, 1.807) is 101 Å². The molecule has 0 saturated heterocycles. The Hall–Kier alpha value is -6.04. The Morgan fingerprint density at radius 2 is 1.14 bits per heavy atom. The van der Waals surface area contributed by atoms with Crippen molar-refractivity contribution < 1.29 is 37.7 Å². The van der Waals surface area contributed by atoms with Crippen LogP contribution in [0.15, 0.2) is 97.6 Å². The van der Waals surface area contributed by atoms with Crippen molar-refractivity contribution in [3.8, 4) is 23.0 Å². The van der Waals surface area contributed by atoms with Crippen LogP contribution >= 0.6 is 0 Å². The van der Waals surface area contributed by atoms with E-state index in [9.17, 15) is 23.5 Å². The lowest BCUT2D eigenvalue weighted by Crippen LogP contribution is -2.32. The molecular formula is C38H34F2N4O6. The molecule has 0 bridgehead atoms. The van der Waals surface area contributed by atoms with E-state index >= 15 is 0 Å². The largest absolute Gasteiger partial charge is 0.481 e. The number of hydrogen-bond donors (Lipinski definition) is 1. The number of fused-ring (bicyclic) bond motifs is 2. The number of benzene rings is 2. The van der Waals surface area contributed by atoms with E-state index in [1.165, 1.54) is 30.7 Å². The summed E-state index contributed by atoms with van der Waals surface area (Å²) in [6.07, 6.45) is 5.95. The third-order valence-corrected chi connectivity index (χ3v) is 7.77. The Morgan fingerprint density at radius 1 is 0.680 bits per heavy atom. The molecule has 0 spiro atoms. The van der Waals surface area contributed by atoms with Gasteiger partial charge in [-0.15, -0.1) is 0 Å². The van der Waals surface area contributed by atoms with Gasteiger partial charge in [0.05, 0.1) is 30.4 Å². The van der Waals surface area contributed by atoms with Crippen molar-refractivity contribution in [2.75, 3.05) is 6.61 Å². The SMILES string of the molecule is CC(C)(C(=O)O)c1ncccc1Oc1cnc2c(F)cccc2c1.CCOC(=O)C(C)(C)c1ncccc1Oc1cnc2c(F)cccc2c1. The van der Waals surface area contributed by atoms with Gasteiger partial charge in [-0.3, -0.25) is 19.6 Å². The summed E-state index contributed by atoms with van der Waals surface area (Å²) < 4.78 is 44.3. The quantitative estimate of drug-likeness (QED) is 0.149. The molecule has 2 aromatic carbocycles. The molecule has 6 aromatic rings. The van der Waals surface area contributed by atoms with Gasteiger partial charge in [-0.25, -0.2) is 18.7 Å². The molecule has 0 fully saturated rings. The zero-order chi connectivity index (χ0) is 36.1. The summed E-state index contributed by atoms with van der Waals surface area (Å²) in [6.45, 7) is 8.61. The van der Waals surface area contributed by atoms with Crippen LogP contribution in [-0.4, -0.2) is 43.6 Å². The molecule has 6 rings (SSSR count). The summed E-state index contributed by atoms with van der Waals surface area (Å²) in [5, 5.41) is 10.6. The van der Waals surface area contributed by atoms with Gasteiger partial charge in [0.2, 0.25) is 0 Å². The summed E-state index contributed by atoms with van der Waals surface area (Å²) in [5.74, 6) is -0.647. The van der Waals surface area contributed by atoms with Gasteiger partial charge in [0.1, 0.15) is 56.5 Å². The Morgan fingerprint density at radius 3 is 1.58 bits per heavy atom. The molecule has 12 heteroatoms. The van der Waals surface area contributed by atoms with Crippen molar-refractivity contribution in [3.63, 3.8) is 0 Å². The van der Waals surface area contributed by atoms with Crippen molar-refractivity contribution >= 4 is 33.7 Å². The maximum Gasteiger partial charge on any atom is 0.317 e. The second kappa shape index (κ2) is 14.6. The molecule has 0 radical (unpaired) electrons. The first-order valence-corrected chi connectivity index (χ1v) is 15.6. The minimum Gasteiger partial charge on any atom is -0.481 e. The van der Waals surface area contributed by atoms with Crippen LogP contribution in [0.25, 0.3) is 21.8 Å². The molecule has 4 aromatic heterocycles. The first-order valence-electron chi connectivity index (χ1n) is 15.6. The fourth-order valence-electron chi connectivity index (χ4n) is 4.97. The first kappa shape index (κ1) is 35.3. The molecular weight excluding hydrogens is 646 g/mol. The topological polar surface area (TPSA) is 134 Å². The van der Waals surface area contributed by atoms with E-state index in [1.807, 2.05) is 0 Å². The van der Waals surface area contributed by atoms with Crippen LogP contribution in [0.2, 0.25) is 0 Å². The van der Waals surface area contributed by atoms with Gasteiger partial charge in [0.25, 0.3) is 0 Å². The van der Waals surface area contributed by atoms with Gasteiger partial charge in [0.15, 0.2) is 0 Å². The van der Waals surface area contributed by atoms with E-state index in [4.69, 9.17) is 14.2 Å². The maximum atomic E-state index is 13.8. The zero-order valence-electron chi connectivity index (χ0n) is 28.0. The summed E-state index contributed by atoms with van der Waals surface area (Å²) >= 11 is 0. The van der Waals surface area contributed by atoms with Crippen LogP contribution in [0, 0.1) is 11.6 Å².